The summed E-state index contributed by atoms with van der Waals surface area (Å²) in [6.45, 7) is 4.06. The number of allylic oxidation sites excluding steroid dienone is 1. The summed E-state index contributed by atoms with van der Waals surface area (Å²) in [4.78, 5) is 32.1. The van der Waals surface area contributed by atoms with Crippen LogP contribution in [0.2, 0.25) is 10.0 Å². The number of hydrogen-bond acceptors (Lipinski definition) is 8. The Morgan fingerprint density at radius 1 is 1.02 bits per heavy atom. The molecule has 0 radical (unpaired) electrons. The lowest BCUT2D eigenvalue weighted by Crippen LogP contribution is -2.39. The van der Waals surface area contributed by atoms with Crippen molar-refractivity contribution >= 4 is 46.6 Å². The van der Waals surface area contributed by atoms with Crippen molar-refractivity contribution in [2.45, 2.75) is 19.9 Å². The molecule has 8 nitrogen and oxygen atoms in total. The highest BCUT2D eigenvalue weighted by atomic mass is 35.5. The number of nitrogens with zero attached hydrogens (tertiary/aromatic N) is 2. The summed E-state index contributed by atoms with van der Waals surface area (Å²) < 4.78 is 24.4. The summed E-state index contributed by atoms with van der Waals surface area (Å²) in [7, 11) is 1.57. The van der Waals surface area contributed by atoms with Crippen molar-refractivity contribution < 1.29 is 23.7 Å². The molecule has 0 amide bonds. The van der Waals surface area contributed by atoms with Crippen LogP contribution in [0.25, 0.3) is 6.08 Å². The van der Waals surface area contributed by atoms with Crippen LogP contribution >= 0.6 is 34.5 Å². The Hall–Kier alpha value is -4.05. The molecule has 0 N–H and O–H groups in total. The van der Waals surface area contributed by atoms with E-state index in [0.717, 1.165) is 5.56 Å². The van der Waals surface area contributed by atoms with Gasteiger partial charge in [-0.15, -0.1) is 0 Å². The fraction of sp³-hybridized carbons (Fsp3) is 0.219. The van der Waals surface area contributed by atoms with Crippen LogP contribution in [0, 0.1) is 0 Å². The minimum absolute atomic E-state index is 0.164. The van der Waals surface area contributed by atoms with Gasteiger partial charge in [0.2, 0.25) is 0 Å². The number of thiazole rings is 1. The van der Waals surface area contributed by atoms with Crippen molar-refractivity contribution in [2.24, 2.45) is 4.99 Å². The van der Waals surface area contributed by atoms with E-state index in [-0.39, 0.29) is 30.4 Å². The Morgan fingerprint density at radius 2 is 1.72 bits per heavy atom. The minimum atomic E-state index is -0.704. The molecule has 222 valence electrons. The number of ether oxygens (including phenoxy) is 4. The van der Waals surface area contributed by atoms with Gasteiger partial charge in [-0.2, -0.15) is 0 Å². The summed E-state index contributed by atoms with van der Waals surface area (Å²) in [5, 5.41) is 0.663. The van der Waals surface area contributed by atoms with Gasteiger partial charge >= 0.3 is 5.97 Å². The molecule has 0 saturated heterocycles. The van der Waals surface area contributed by atoms with Crippen LogP contribution in [0.4, 0.5) is 0 Å². The van der Waals surface area contributed by atoms with Crippen LogP contribution in [0.5, 0.6) is 17.2 Å². The van der Waals surface area contributed by atoms with Gasteiger partial charge in [-0.25, -0.2) is 9.79 Å². The lowest BCUT2D eigenvalue weighted by molar-refractivity contribution is -0.139. The number of halogens is 2. The van der Waals surface area contributed by atoms with Crippen molar-refractivity contribution in [3.8, 4) is 17.2 Å². The molecule has 4 aromatic rings. The fourth-order valence-electron chi connectivity index (χ4n) is 4.76. The summed E-state index contributed by atoms with van der Waals surface area (Å²) in [6, 6.07) is 19.2. The van der Waals surface area contributed by atoms with E-state index < -0.39 is 12.0 Å². The van der Waals surface area contributed by atoms with Gasteiger partial charge in [0.05, 0.1) is 40.6 Å². The van der Waals surface area contributed by atoms with Crippen LogP contribution in [-0.2, 0) is 9.53 Å². The van der Waals surface area contributed by atoms with Crippen LogP contribution in [0.3, 0.4) is 0 Å². The third-order valence-corrected chi connectivity index (χ3v) is 8.09. The molecule has 1 aliphatic rings. The van der Waals surface area contributed by atoms with E-state index in [1.165, 1.54) is 15.9 Å². The first kappa shape index (κ1) is 30.4. The second-order valence-electron chi connectivity index (χ2n) is 9.37. The standard InChI is InChI=1S/C32H28Cl2N2O6S/c1-4-40-31(38)27-19(2)35-32-36(28(27)20-10-6-5-7-11-20)30(37)26(43-32)17-21-16-22(33)18-23(34)29(21)42-15-14-41-25-13-9-8-12-24(25)39-3/h5-13,16-18,28H,4,14-15H2,1-3H3/b26-17-/t28-/m1/s1. The van der Waals surface area contributed by atoms with Crippen molar-refractivity contribution in [1.29, 1.82) is 0 Å². The Morgan fingerprint density at radius 3 is 2.44 bits per heavy atom. The molecule has 0 spiro atoms. The quantitative estimate of drug-likeness (QED) is 0.167. The number of carbonyl (C=O) groups excluding carboxylic acids is 1. The number of fused-ring (bicyclic) bond motifs is 1. The first-order valence-electron chi connectivity index (χ1n) is 13.4. The number of methoxy groups -OCH3 is 1. The van der Waals surface area contributed by atoms with Crippen molar-refractivity contribution in [3.05, 3.63) is 119 Å². The molecule has 5 rings (SSSR count). The predicted molar refractivity (Wildman–Crippen MR) is 167 cm³/mol. The van der Waals surface area contributed by atoms with Crippen molar-refractivity contribution in [2.75, 3.05) is 26.9 Å². The average molecular weight is 640 g/mol. The van der Waals surface area contributed by atoms with Gasteiger partial charge in [0.1, 0.15) is 19.0 Å². The first-order valence-corrected chi connectivity index (χ1v) is 15.0. The molecule has 0 bridgehead atoms. The van der Waals surface area contributed by atoms with E-state index in [2.05, 4.69) is 4.99 Å². The third-order valence-electron chi connectivity index (χ3n) is 6.61. The second-order valence-corrected chi connectivity index (χ2v) is 11.2. The summed E-state index contributed by atoms with van der Waals surface area (Å²) in [5.41, 5.74) is 1.75. The minimum Gasteiger partial charge on any atom is -0.493 e. The third kappa shape index (κ3) is 6.49. The van der Waals surface area contributed by atoms with Crippen molar-refractivity contribution in [3.63, 3.8) is 0 Å². The zero-order valence-corrected chi connectivity index (χ0v) is 26.0. The molecule has 11 heteroatoms. The van der Waals surface area contributed by atoms with Crippen LogP contribution in [0.1, 0.15) is 31.0 Å². The van der Waals surface area contributed by atoms with Gasteiger partial charge in [-0.1, -0.05) is 77.0 Å². The molecule has 0 fully saturated rings. The van der Waals surface area contributed by atoms with E-state index in [9.17, 15) is 9.59 Å². The summed E-state index contributed by atoms with van der Waals surface area (Å²) in [6.07, 6.45) is 1.67. The normalized spacial score (nSPS) is 14.6. The van der Waals surface area contributed by atoms with Gasteiger partial charge in [-0.3, -0.25) is 9.36 Å². The molecule has 3 aromatic carbocycles. The molecule has 1 atom stereocenters. The molecule has 0 saturated carbocycles. The zero-order chi connectivity index (χ0) is 30.5. The van der Waals surface area contributed by atoms with E-state index in [1.54, 1.807) is 51.3 Å². The topological polar surface area (TPSA) is 88.4 Å². The van der Waals surface area contributed by atoms with Crippen molar-refractivity contribution in [1.82, 2.24) is 4.57 Å². The summed E-state index contributed by atoms with van der Waals surface area (Å²) >= 11 is 14.1. The van der Waals surface area contributed by atoms with Gasteiger partial charge < -0.3 is 18.9 Å². The van der Waals surface area contributed by atoms with E-state index in [0.29, 0.717) is 48.4 Å². The predicted octanol–water partition coefficient (Wildman–Crippen LogP) is 5.57. The Labute approximate surface area is 262 Å². The van der Waals surface area contributed by atoms with Gasteiger partial charge in [0.15, 0.2) is 16.3 Å². The van der Waals surface area contributed by atoms with E-state index in [1.807, 2.05) is 42.5 Å². The van der Waals surface area contributed by atoms with Crippen LogP contribution < -0.4 is 29.1 Å². The maximum atomic E-state index is 14.0. The largest absolute Gasteiger partial charge is 0.493 e. The Kier molecular flexibility index (Phi) is 9.55. The second kappa shape index (κ2) is 13.5. The average Bonchev–Trinajstić information content (AvgIpc) is 3.30. The summed E-state index contributed by atoms with van der Waals surface area (Å²) in [5.74, 6) is 1.03. The fourth-order valence-corrected chi connectivity index (χ4v) is 6.36. The number of benzene rings is 3. The lowest BCUT2D eigenvalue weighted by atomic mass is 9.96. The lowest BCUT2D eigenvalue weighted by Gasteiger charge is -2.24. The zero-order valence-electron chi connectivity index (χ0n) is 23.6. The maximum Gasteiger partial charge on any atom is 0.338 e. The number of para-hydroxylation sites is 2. The molecule has 1 aromatic heterocycles. The molecule has 1 aliphatic heterocycles. The molecular weight excluding hydrogens is 611 g/mol. The van der Waals surface area contributed by atoms with Crippen LogP contribution in [-0.4, -0.2) is 37.5 Å². The molecule has 2 heterocycles. The molecule has 0 unspecified atom stereocenters. The molecule has 0 aliphatic carbocycles. The Bertz CT molecular complexity index is 1870. The molecule has 43 heavy (non-hydrogen) atoms. The highest BCUT2D eigenvalue weighted by molar-refractivity contribution is 7.07. The number of rotatable bonds is 10. The monoisotopic (exact) mass is 638 g/mol. The number of aromatic nitrogens is 1. The maximum absolute atomic E-state index is 14.0. The van der Waals surface area contributed by atoms with E-state index >= 15 is 0 Å². The first-order chi connectivity index (χ1) is 20.8. The van der Waals surface area contributed by atoms with Gasteiger partial charge in [-0.05, 0) is 49.8 Å². The highest BCUT2D eigenvalue weighted by Gasteiger charge is 2.33. The smallest absolute Gasteiger partial charge is 0.338 e. The number of esters is 1. The Balaban J connectivity index is 1.52. The van der Waals surface area contributed by atoms with Gasteiger partial charge in [0, 0.05) is 10.6 Å². The van der Waals surface area contributed by atoms with E-state index in [4.69, 9.17) is 42.1 Å². The number of carbonyl (C=O) groups is 1. The van der Waals surface area contributed by atoms with Gasteiger partial charge in [0.25, 0.3) is 5.56 Å². The molecular formula is C32H28Cl2N2O6S. The highest BCUT2D eigenvalue weighted by Crippen LogP contribution is 2.34. The number of hydrogen-bond donors (Lipinski definition) is 0. The SMILES string of the molecule is CCOC(=O)C1=C(C)N=c2s/c(=C\c3cc(Cl)cc(Cl)c3OCCOc3ccccc3OC)c(=O)n2[C@@H]1c1ccccc1. The van der Waals surface area contributed by atoms with Crippen LogP contribution in [0.15, 0.2) is 87.8 Å².